The quantitative estimate of drug-likeness (QED) is 0.767. The Kier molecular flexibility index (Phi) is 3.04. The monoisotopic (exact) mass is 222 g/mol. The summed E-state index contributed by atoms with van der Waals surface area (Å²) in [6, 6.07) is 11.4. The minimum absolute atomic E-state index is 0.483. The fourth-order valence-electron chi connectivity index (χ4n) is 1.59. The number of benzene rings is 2. The van der Waals surface area contributed by atoms with Gasteiger partial charge in [-0.2, -0.15) is 0 Å². The molecule has 84 valence electrons. The standard InChI is InChI=1S/C13H12F2O/c1-9-2-3-11-7-12(16-8-13(14)15)5-4-10(11)6-9/h2-7,13H,8H2,1H3. The van der Waals surface area contributed by atoms with Crippen LogP contribution < -0.4 is 4.74 Å². The number of hydrogen-bond donors (Lipinski definition) is 0. The van der Waals surface area contributed by atoms with Crippen LogP contribution in [0.15, 0.2) is 36.4 Å². The topological polar surface area (TPSA) is 9.23 Å². The molecule has 0 unspecified atom stereocenters. The summed E-state index contributed by atoms with van der Waals surface area (Å²) in [6.45, 7) is 1.46. The van der Waals surface area contributed by atoms with E-state index in [1.807, 2.05) is 31.2 Å². The van der Waals surface area contributed by atoms with Crippen LogP contribution in [0.1, 0.15) is 5.56 Å². The molecule has 0 heterocycles. The van der Waals surface area contributed by atoms with Gasteiger partial charge in [-0.25, -0.2) is 8.78 Å². The van der Waals surface area contributed by atoms with Gasteiger partial charge in [-0.15, -0.1) is 0 Å². The van der Waals surface area contributed by atoms with E-state index in [2.05, 4.69) is 0 Å². The van der Waals surface area contributed by atoms with Crippen molar-refractivity contribution in [2.75, 3.05) is 6.61 Å². The minimum Gasteiger partial charge on any atom is -0.488 e. The number of ether oxygens (including phenoxy) is 1. The molecule has 2 rings (SSSR count). The first-order chi connectivity index (χ1) is 7.65. The van der Waals surface area contributed by atoms with Gasteiger partial charge in [0.25, 0.3) is 6.43 Å². The normalized spacial score (nSPS) is 11.0. The Morgan fingerprint density at radius 1 is 1.06 bits per heavy atom. The van der Waals surface area contributed by atoms with Gasteiger partial charge in [0.2, 0.25) is 0 Å². The zero-order valence-corrected chi connectivity index (χ0v) is 8.91. The van der Waals surface area contributed by atoms with Gasteiger partial charge in [-0.3, -0.25) is 0 Å². The number of aryl methyl sites for hydroxylation is 1. The lowest BCUT2D eigenvalue weighted by molar-refractivity contribution is 0.0820. The van der Waals surface area contributed by atoms with Crippen molar-refractivity contribution in [2.24, 2.45) is 0 Å². The molecule has 0 radical (unpaired) electrons. The second kappa shape index (κ2) is 4.47. The number of alkyl halides is 2. The third kappa shape index (κ3) is 2.48. The lowest BCUT2D eigenvalue weighted by atomic mass is 10.1. The Morgan fingerprint density at radius 3 is 2.50 bits per heavy atom. The van der Waals surface area contributed by atoms with Crippen molar-refractivity contribution in [2.45, 2.75) is 13.3 Å². The van der Waals surface area contributed by atoms with Crippen molar-refractivity contribution < 1.29 is 13.5 Å². The highest BCUT2D eigenvalue weighted by Gasteiger charge is 2.04. The van der Waals surface area contributed by atoms with Crippen LogP contribution >= 0.6 is 0 Å². The largest absolute Gasteiger partial charge is 0.488 e. The van der Waals surface area contributed by atoms with Gasteiger partial charge in [-0.05, 0) is 29.8 Å². The molecule has 0 spiro atoms. The summed E-state index contributed by atoms with van der Waals surface area (Å²) >= 11 is 0. The van der Waals surface area contributed by atoms with Crippen molar-refractivity contribution in [3.63, 3.8) is 0 Å². The van der Waals surface area contributed by atoms with Gasteiger partial charge in [0, 0.05) is 0 Å². The molecule has 2 aromatic carbocycles. The number of fused-ring (bicyclic) bond motifs is 1. The first kappa shape index (κ1) is 10.9. The van der Waals surface area contributed by atoms with Crippen LogP contribution in [-0.4, -0.2) is 13.0 Å². The second-order valence-corrected chi connectivity index (χ2v) is 3.71. The van der Waals surface area contributed by atoms with Crippen LogP contribution in [0.25, 0.3) is 10.8 Å². The molecule has 0 amide bonds. The molecular formula is C13H12F2O. The summed E-state index contributed by atoms with van der Waals surface area (Å²) in [5.74, 6) is 0.483. The molecule has 3 heteroatoms. The smallest absolute Gasteiger partial charge is 0.272 e. The maximum atomic E-state index is 12.0. The molecule has 2 aromatic rings. The zero-order valence-electron chi connectivity index (χ0n) is 8.91. The molecule has 0 atom stereocenters. The van der Waals surface area contributed by atoms with E-state index in [0.29, 0.717) is 5.75 Å². The van der Waals surface area contributed by atoms with Crippen LogP contribution in [0.2, 0.25) is 0 Å². The van der Waals surface area contributed by atoms with E-state index in [4.69, 9.17) is 4.74 Å². The maximum absolute atomic E-state index is 12.0. The lowest BCUT2D eigenvalue weighted by Crippen LogP contribution is -2.06. The second-order valence-electron chi connectivity index (χ2n) is 3.71. The molecule has 0 aromatic heterocycles. The van der Waals surface area contributed by atoms with E-state index in [1.54, 1.807) is 12.1 Å². The third-order valence-electron chi connectivity index (χ3n) is 2.34. The maximum Gasteiger partial charge on any atom is 0.272 e. The van der Waals surface area contributed by atoms with Crippen LogP contribution in [0.5, 0.6) is 5.75 Å². The van der Waals surface area contributed by atoms with Crippen LogP contribution in [0.3, 0.4) is 0 Å². The Morgan fingerprint density at radius 2 is 1.75 bits per heavy atom. The highest BCUT2D eigenvalue weighted by Crippen LogP contribution is 2.22. The first-order valence-electron chi connectivity index (χ1n) is 5.06. The van der Waals surface area contributed by atoms with Crippen molar-refractivity contribution in [1.29, 1.82) is 0 Å². The molecule has 16 heavy (non-hydrogen) atoms. The van der Waals surface area contributed by atoms with E-state index in [0.717, 1.165) is 10.8 Å². The predicted molar refractivity (Wildman–Crippen MR) is 60.2 cm³/mol. The molecule has 0 bridgehead atoms. The summed E-state index contributed by atoms with van der Waals surface area (Å²) in [7, 11) is 0. The molecule has 0 aliphatic rings. The summed E-state index contributed by atoms with van der Waals surface area (Å²) in [4.78, 5) is 0. The summed E-state index contributed by atoms with van der Waals surface area (Å²) < 4.78 is 28.9. The molecule has 0 aliphatic heterocycles. The van der Waals surface area contributed by atoms with Crippen LogP contribution in [0.4, 0.5) is 8.78 Å². The van der Waals surface area contributed by atoms with E-state index in [1.165, 1.54) is 5.56 Å². The minimum atomic E-state index is -2.44. The SMILES string of the molecule is Cc1ccc2cc(OCC(F)F)ccc2c1. The van der Waals surface area contributed by atoms with Gasteiger partial charge in [0.1, 0.15) is 12.4 Å². The Bertz CT molecular complexity index is 494. The number of halogens is 2. The molecule has 0 saturated heterocycles. The summed E-state index contributed by atoms with van der Waals surface area (Å²) in [6.07, 6.45) is -2.44. The highest BCUT2D eigenvalue weighted by molar-refractivity contribution is 5.84. The third-order valence-corrected chi connectivity index (χ3v) is 2.34. The van der Waals surface area contributed by atoms with Gasteiger partial charge in [0.05, 0.1) is 0 Å². The molecule has 0 aliphatic carbocycles. The van der Waals surface area contributed by atoms with E-state index >= 15 is 0 Å². The van der Waals surface area contributed by atoms with Gasteiger partial charge < -0.3 is 4.74 Å². The Balaban J connectivity index is 2.26. The van der Waals surface area contributed by atoms with Crippen molar-refractivity contribution in [1.82, 2.24) is 0 Å². The van der Waals surface area contributed by atoms with Crippen LogP contribution in [0, 0.1) is 6.92 Å². The number of hydrogen-bond acceptors (Lipinski definition) is 1. The molecule has 1 nitrogen and oxygen atoms in total. The number of rotatable bonds is 3. The first-order valence-corrected chi connectivity index (χ1v) is 5.06. The predicted octanol–water partition coefficient (Wildman–Crippen LogP) is 3.79. The van der Waals surface area contributed by atoms with Gasteiger partial charge in [0.15, 0.2) is 0 Å². The summed E-state index contributed by atoms with van der Waals surface area (Å²) in [5.41, 5.74) is 1.17. The highest BCUT2D eigenvalue weighted by atomic mass is 19.3. The zero-order chi connectivity index (χ0) is 11.5. The van der Waals surface area contributed by atoms with Gasteiger partial charge in [-0.1, -0.05) is 29.8 Å². The van der Waals surface area contributed by atoms with Crippen LogP contribution in [-0.2, 0) is 0 Å². The summed E-state index contributed by atoms with van der Waals surface area (Å²) in [5, 5.41) is 2.08. The fraction of sp³-hybridized carbons (Fsp3) is 0.231. The molecule has 0 saturated carbocycles. The van der Waals surface area contributed by atoms with E-state index < -0.39 is 13.0 Å². The van der Waals surface area contributed by atoms with Crippen molar-refractivity contribution in [3.05, 3.63) is 42.0 Å². The fourth-order valence-corrected chi connectivity index (χ4v) is 1.59. The van der Waals surface area contributed by atoms with Crippen molar-refractivity contribution in [3.8, 4) is 5.75 Å². The average molecular weight is 222 g/mol. The van der Waals surface area contributed by atoms with Crippen molar-refractivity contribution >= 4 is 10.8 Å². The lowest BCUT2D eigenvalue weighted by Gasteiger charge is -2.06. The van der Waals surface area contributed by atoms with Gasteiger partial charge >= 0.3 is 0 Å². The average Bonchev–Trinajstić information content (AvgIpc) is 2.26. The Labute approximate surface area is 92.7 Å². The van der Waals surface area contributed by atoms with E-state index in [-0.39, 0.29) is 0 Å². The molecular weight excluding hydrogens is 210 g/mol. The Hall–Kier alpha value is -1.64. The molecule has 0 N–H and O–H groups in total. The molecule has 0 fully saturated rings. The van der Waals surface area contributed by atoms with E-state index in [9.17, 15) is 8.78 Å².